The molecule has 4 aliphatic carbocycles. The molecular formula is C58H94N12Ni2O2-6. The van der Waals surface area contributed by atoms with Crippen molar-refractivity contribution in [1.29, 1.82) is 0 Å². The van der Waals surface area contributed by atoms with Crippen LogP contribution in [0.5, 0.6) is 0 Å². The van der Waals surface area contributed by atoms with Gasteiger partial charge in [-0.2, -0.15) is 0 Å². The van der Waals surface area contributed by atoms with Gasteiger partial charge >= 0.3 is 0 Å². The predicted molar refractivity (Wildman–Crippen MR) is 302 cm³/mol. The summed E-state index contributed by atoms with van der Waals surface area (Å²) in [6, 6.07) is 1.25. The van der Waals surface area contributed by atoms with E-state index in [0.717, 1.165) is 84.2 Å². The standard InChI is InChI=1S/C28H49N5.C28H45N5.2CNO.2Ni/c2*1-3-11-23(12-4-1)27(25-15-7-9-17-30-25)32-21-19-29-20-22-33-28(24-13-5-2-6-14-24)26-16-8-10-18-31-26;2*2-1-3;;/h23-26,29H,1-22H2;7,9,15,23-24,26,29H,1-6,8,10-14,16-22H2;;;;/q2*-2;2*-1;;. The summed E-state index contributed by atoms with van der Waals surface area (Å²) in [5, 5.41) is 40.4. The Kier molecular flexibility index (Phi) is 37.8. The summed E-state index contributed by atoms with van der Waals surface area (Å²) in [7, 11) is 0. The molecule has 4 saturated carbocycles. The molecule has 0 aromatic rings. The largest absolute Gasteiger partial charge is 0.724 e. The van der Waals surface area contributed by atoms with Crippen LogP contribution in [0.4, 0.5) is 0 Å². The Bertz CT molecular complexity index is 1590. The number of aliphatic imine (C=N–C) groups is 4. The average Bonchev–Trinajstić information content (AvgIpc) is 3.45. The fraction of sp³-hybridized carbons (Fsp3) is 0.828. The van der Waals surface area contributed by atoms with Crippen molar-refractivity contribution in [2.24, 2.45) is 43.6 Å². The van der Waals surface area contributed by atoms with Gasteiger partial charge in [0.25, 0.3) is 0 Å². The second kappa shape index (κ2) is 42.5. The number of allylic oxidation sites excluding steroid dienone is 3. The minimum Gasteiger partial charge on any atom is -0.724 e. The summed E-state index contributed by atoms with van der Waals surface area (Å²) in [6.07, 6.45) is 45.9. The third kappa shape index (κ3) is 25.3. The van der Waals surface area contributed by atoms with Crippen molar-refractivity contribution in [3.05, 3.63) is 56.0 Å². The van der Waals surface area contributed by atoms with Gasteiger partial charge in [-0.3, -0.25) is 29.6 Å². The molecule has 0 spiro atoms. The maximum Gasteiger partial charge on any atom is 0.0517 e. The van der Waals surface area contributed by atoms with Gasteiger partial charge < -0.3 is 42.7 Å². The van der Waals surface area contributed by atoms with Crippen LogP contribution in [-0.2, 0) is 42.6 Å². The van der Waals surface area contributed by atoms with Crippen LogP contribution in [0.2, 0.25) is 0 Å². The fourth-order valence-corrected chi connectivity index (χ4v) is 12.5. The van der Waals surface area contributed by atoms with E-state index in [1.54, 1.807) is 0 Å². The van der Waals surface area contributed by atoms with E-state index >= 15 is 0 Å². The van der Waals surface area contributed by atoms with Gasteiger partial charge in [0, 0.05) is 64.9 Å². The van der Waals surface area contributed by atoms with Crippen molar-refractivity contribution >= 4 is 35.0 Å². The SMILES string of the molecule is C1=CC[N-]C(C(=NCCNCCN=C(C2CCCCC2)C2CCCC[N-]2)C2CCCCC2)=C1.C1CCC(C(=NCCNCCN=C(C2CCCCC2)C2CCCC[N-]2)C2CCCC[N-]2)CC1.[N-]=C=O.[N-]=C=O.[Ni].[Ni]. The smallest absolute Gasteiger partial charge is 0.0517 e. The van der Waals surface area contributed by atoms with Crippen LogP contribution in [0, 0.1) is 23.7 Å². The Labute approximate surface area is 468 Å². The first-order chi connectivity index (χ1) is 35.7. The Morgan fingerprint density at radius 1 is 0.459 bits per heavy atom. The van der Waals surface area contributed by atoms with E-state index in [2.05, 4.69) is 28.9 Å². The van der Waals surface area contributed by atoms with Gasteiger partial charge in [-0.15, -0.1) is 38.0 Å². The van der Waals surface area contributed by atoms with Gasteiger partial charge in [0.15, 0.2) is 0 Å². The monoisotopic (exact) mass is 1110 g/mol. The van der Waals surface area contributed by atoms with Crippen LogP contribution in [0.15, 0.2) is 43.9 Å². The molecule has 16 heteroatoms. The number of nitrogens with zero attached hydrogens (tertiary/aromatic N) is 10. The Balaban J connectivity index is 0.000000344. The minimum absolute atomic E-state index is 0. The summed E-state index contributed by atoms with van der Waals surface area (Å²) in [6.45, 7) is 11.2. The van der Waals surface area contributed by atoms with E-state index in [4.69, 9.17) is 61.6 Å². The number of isocyanates is 2. The van der Waals surface area contributed by atoms with Crippen molar-refractivity contribution < 1.29 is 42.6 Å². The Morgan fingerprint density at radius 2 is 0.770 bits per heavy atom. The van der Waals surface area contributed by atoms with E-state index in [1.807, 2.05) is 0 Å². The summed E-state index contributed by atoms with van der Waals surface area (Å²) < 4.78 is 0. The third-order valence-corrected chi connectivity index (χ3v) is 16.1. The van der Waals surface area contributed by atoms with Crippen LogP contribution in [0.1, 0.15) is 186 Å². The minimum atomic E-state index is 0. The van der Waals surface area contributed by atoms with Crippen LogP contribution in [-0.4, -0.2) is 132 Å². The topological polar surface area (TPSA) is 209 Å². The molecule has 3 atom stereocenters. The summed E-state index contributed by atoms with van der Waals surface area (Å²) in [5.41, 5.74) is 6.73. The zero-order chi connectivity index (χ0) is 50.5. The van der Waals surface area contributed by atoms with E-state index < -0.39 is 0 Å². The molecule has 0 aromatic heterocycles. The van der Waals surface area contributed by atoms with Gasteiger partial charge in [0.1, 0.15) is 0 Å². The molecule has 0 aromatic carbocycles. The zero-order valence-corrected chi connectivity index (χ0v) is 47.2. The molecule has 2 N–H and O–H groups in total. The first-order valence-corrected chi connectivity index (χ1v) is 29.3. The fourth-order valence-electron chi connectivity index (χ4n) is 12.5. The van der Waals surface area contributed by atoms with Crippen LogP contribution in [0.3, 0.4) is 0 Å². The number of piperidine rings is 3. The summed E-state index contributed by atoms with van der Waals surface area (Å²) in [4.78, 5) is 37.0. The van der Waals surface area contributed by atoms with Gasteiger partial charge in [-0.1, -0.05) is 165 Å². The maximum atomic E-state index is 8.24. The number of nitrogens with one attached hydrogen (secondary N) is 2. The molecule has 74 heavy (non-hydrogen) atoms. The van der Waals surface area contributed by atoms with Crippen LogP contribution >= 0.6 is 0 Å². The molecule has 0 radical (unpaired) electrons. The first kappa shape index (κ1) is 65.8. The van der Waals surface area contributed by atoms with Crippen LogP contribution < -0.4 is 10.6 Å². The summed E-state index contributed by atoms with van der Waals surface area (Å²) >= 11 is 0. The Hall–Kier alpha value is -2.49. The molecule has 3 unspecified atom stereocenters. The zero-order valence-electron chi connectivity index (χ0n) is 45.2. The molecule has 3 saturated heterocycles. The van der Waals surface area contributed by atoms with Gasteiger partial charge in [-0.05, 0) is 104 Å². The maximum absolute atomic E-state index is 8.24. The van der Waals surface area contributed by atoms with E-state index in [-0.39, 0.29) is 33.0 Å². The van der Waals surface area contributed by atoms with Crippen molar-refractivity contribution in [3.8, 4) is 0 Å². The quantitative estimate of drug-likeness (QED) is 0.0527. The summed E-state index contributed by atoms with van der Waals surface area (Å²) in [5.74, 6) is 2.69. The third-order valence-electron chi connectivity index (χ3n) is 16.1. The van der Waals surface area contributed by atoms with Crippen molar-refractivity contribution in [3.63, 3.8) is 0 Å². The van der Waals surface area contributed by atoms with Crippen molar-refractivity contribution in [2.75, 3.05) is 78.5 Å². The molecule has 8 aliphatic rings. The van der Waals surface area contributed by atoms with Gasteiger partial charge in [-0.25, -0.2) is 0 Å². The molecule has 4 aliphatic heterocycles. The average molecular weight is 1110 g/mol. The molecule has 14 nitrogen and oxygen atoms in total. The van der Waals surface area contributed by atoms with Crippen LogP contribution in [0.25, 0.3) is 32.1 Å². The molecule has 7 fully saturated rings. The van der Waals surface area contributed by atoms with E-state index in [0.29, 0.717) is 54.0 Å². The molecular weight excluding hydrogens is 1010 g/mol. The van der Waals surface area contributed by atoms with Gasteiger partial charge in [0.05, 0.1) is 26.2 Å². The number of rotatable bonds is 20. The van der Waals surface area contributed by atoms with E-state index in [9.17, 15) is 0 Å². The normalized spacial score (nSPS) is 25.0. The Morgan fingerprint density at radius 3 is 1.07 bits per heavy atom. The van der Waals surface area contributed by atoms with E-state index in [1.165, 1.54) is 209 Å². The number of carbonyl (C=O) groups excluding carboxylic acids is 2. The van der Waals surface area contributed by atoms with Crippen molar-refractivity contribution in [1.82, 2.24) is 10.6 Å². The second-order valence-electron chi connectivity index (χ2n) is 21.3. The molecule has 4 heterocycles. The molecule has 0 amide bonds. The number of hydrogen-bond acceptors (Lipinski definition) is 8. The van der Waals surface area contributed by atoms with Gasteiger partial charge in [0.2, 0.25) is 0 Å². The second-order valence-corrected chi connectivity index (χ2v) is 21.3. The molecule has 0 bridgehead atoms. The molecule has 8 rings (SSSR count). The molecule has 424 valence electrons. The first-order valence-electron chi connectivity index (χ1n) is 29.3. The van der Waals surface area contributed by atoms with Crippen molar-refractivity contribution in [2.45, 2.75) is 204 Å². The predicted octanol–water partition coefficient (Wildman–Crippen LogP) is 12.6. The number of hydrogen-bond donors (Lipinski definition) is 2.